The lowest BCUT2D eigenvalue weighted by atomic mass is 9.75. The van der Waals surface area contributed by atoms with Gasteiger partial charge in [-0.05, 0) is 50.4 Å². The van der Waals surface area contributed by atoms with E-state index < -0.39 is 24.8 Å². The molecule has 0 bridgehead atoms. The van der Waals surface area contributed by atoms with Crippen molar-refractivity contribution in [3.63, 3.8) is 0 Å². The molecule has 2 rings (SSSR count). The van der Waals surface area contributed by atoms with Crippen molar-refractivity contribution in [2.24, 2.45) is 23.5 Å². The molecule has 6 nitrogen and oxygen atoms in total. The molecule has 2 aliphatic carbocycles. The van der Waals surface area contributed by atoms with Crippen LogP contribution < -0.4 is 11.1 Å². The van der Waals surface area contributed by atoms with Crippen molar-refractivity contribution < 1.29 is 24.3 Å². The Morgan fingerprint density at radius 3 is 2.67 bits per heavy atom. The molecule has 6 atom stereocenters. The van der Waals surface area contributed by atoms with Crippen LogP contribution in [0.2, 0.25) is 6.32 Å². The number of rotatable bonds is 6. The van der Waals surface area contributed by atoms with E-state index in [1.807, 2.05) is 0 Å². The summed E-state index contributed by atoms with van der Waals surface area (Å²) in [5, 5.41) is 30.2. The first-order valence-corrected chi connectivity index (χ1v) is 7.51. The lowest BCUT2D eigenvalue weighted by molar-refractivity contribution is -0.145. The quantitative estimate of drug-likeness (QED) is 0.427. The Morgan fingerprint density at radius 1 is 1.48 bits per heavy atom. The number of nitrogens with one attached hydrogen (secondary N) is 1. The van der Waals surface area contributed by atoms with E-state index in [0.29, 0.717) is 19.3 Å². The van der Waals surface area contributed by atoms with E-state index in [9.17, 15) is 14.3 Å². The van der Waals surface area contributed by atoms with Gasteiger partial charge in [0.1, 0.15) is 11.7 Å². The van der Waals surface area contributed by atoms with Crippen molar-refractivity contribution in [3.05, 3.63) is 0 Å². The van der Waals surface area contributed by atoms with Crippen molar-refractivity contribution in [3.8, 4) is 0 Å². The molecule has 0 spiro atoms. The van der Waals surface area contributed by atoms with E-state index in [4.69, 9.17) is 15.8 Å². The Balaban J connectivity index is 2.13. The summed E-state index contributed by atoms with van der Waals surface area (Å²) in [6.07, 6.45) is 0.789. The maximum absolute atomic E-state index is 14.4. The minimum Gasteiger partial charge on any atom is -0.480 e. The molecule has 8 heteroatoms. The Labute approximate surface area is 124 Å². The molecule has 0 aromatic rings. The first-order valence-electron chi connectivity index (χ1n) is 7.51. The largest absolute Gasteiger partial charge is 0.480 e. The molecule has 2 aliphatic rings. The van der Waals surface area contributed by atoms with Crippen molar-refractivity contribution in [1.82, 2.24) is 5.32 Å². The third-order valence-electron chi connectivity index (χ3n) is 5.37. The highest BCUT2D eigenvalue weighted by molar-refractivity contribution is 6.40. The summed E-state index contributed by atoms with van der Waals surface area (Å²) in [5.74, 6) is -1.79. The van der Waals surface area contributed by atoms with Gasteiger partial charge in [0.2, 0.25) is 0 Å². The van der Waals surface area contributed by atoms with Gasteiger partial charge in [0.25, 0.3) is 0 Å². The molecule has 0 radical (unpaired) electrons. The van der Waals surface area contributed by atoms with Crippen LogP contribution in [-0.2, 0) is 4.79 Å². The maximum atomic E-state index is 14.4. The number of nitrogens with two attached hydrogens (primary N) is 1. The second-order valence-corrected chi connectivity index (χ2v) is 6.47. The Bertz CT molecular complexity index is 400. The fraction of sp³-hybridized carbons (Fsp3) is 0.923. The number of alkyl halides is 1. The van der Waals surface area contributed by atoms with Crippen molar-refractivity contribution in [2.75, 3.05) is 7.05 Å². The van der Waals surface area contributed by atoms with Gasteiger partial charge in [-0.1, -0.05) is 6.42 Å². The number of aliphatic carboxylic acids is 1. The molecular weight excluding hydrogens is 278 g/mol. The van der Waals surface area contributed by atoms with E-state index in [0.717, 1.165) is 0 Å². The average molecular weight is 302 g/mol. The van der Waals surface area contributed by atoms with Crippen LogP contribution in [-0.4, -0.2) is 53.0 Å². The predicted octanol–water partition coefficient (Wildman–Crippen LogP) is -0.396. The van der Waals surface area contributed by atoms with Gasteiger partial charge in [0, 0.05) is 6.04 Å². The zero-order valence-corrected chi connectivity index (χ0v) is 12.2. The second kappa shape index (κ2) is 6.20. The third-order valence-corrected chi connectivity index (χ3v) is 5.37. The summed E-state index contributed by atoms with van der Waals surface area (Å²) in [6.45, 7) is 0. The fourth-order valence-electron chi connectivity index (χ4n) is 4.30. The topological polar surface area (TPSA) is 116 Å². The maximum Gasteiger partial charge on any atom is 0.451 e. The number of hydrogen-bond acceptors (Lipinski definition) is 5. The Kier molecular flexibility index (Phi) is 4.92. The molecule has 0 amide bonds. The average Bonchev–Trinajstić information content (AvgIpc) is 2.85. The lowest BCUT2D eigenvalue weighted by Crippen LogP contribution is -2.53. The molecule has 6 N–H and O–H groups in total. The molecule has 21 heavy (non-hydrogen) atoms. The molecular formula is C13H24BFN2O4. The number of halogens is 1. The third kappa shape index (κ3) is 2.95. The molecule has 0 unspecified atom stereocenters. The highest BCUT2D eigenvalue weighted by Gasteiger charge is 2.61. The number of carbonyl (C=O) groups is 1. The van der Waals surface area contributed by atoms with Crippen molar-refractivity contribution >= 4 is 13.1 Å². The molecule has 2 fully saturated rings. The van der Waals surface area contributed by atoms with E-state index in [1.54, 1.807) is 7.05 Å². The van der Waals surface area contributed by atoms with Gasteiger partial charge in [0.05, 0.1) is 0 Å². The SMILES string of the molecule is CN[C@H]1C[C@@H]2[C@@H](C[C@@](N)(C(=O)O)[C@H]2CCCB(O)O)[C@@H]1F. The Morgan fingerprint density at radius 2 is 2.14 bits per heavy atom. The Hall–Kier alpha value is -0.695. The van der Waals surface area contributed by atoms with Crippen LogP contribution in [0.1, 0.15) is 25.7 Å². The standard InChI is InChI=1S/C13H24BFN2O4/c1-17-10-5-7-8(11(10)15)6-13(16,12(18)19)9(7)3-2-4-14(20)21/h7-11,17,20-21H,2-6,16H2,1H3,(H,18,19)/t7-,8-,9+,10+,11+,13+/m1/s1. The van der Waals surface area contributed by atoms with Gasteiger partial charge in [0.15, 0.2) is 0 Å². The van der Waals surface area contributed by atoms with Crippen LogP contribution in [0.25, 0.3) is 0 Å². The number of hydrogen-bond donors (Lipinski definition) is 5. The molecule has 0 aliphatic heterocycles. The van der Waals surface area contributed by atoms with Gasteiger partial charge in [-0.25, -0.2) is 4.39 Å². The summed E-state index contributed by atoms with van der Waals surface area (Å²) < 4.78 is 14.4. The second-order valence-electron chi connectivity index (χ2n) is 6.47. The fourth-order valence-corrected chi connectivity index (χ4v) is 4.30. The van der Waals surface area contributed by atoms with Crippen molar-refractivity contribution in [2.45, 2.75) is 49.8 Å². The van der Waals surface area contributed by atoms with Gasteiger partial charge in [-0.3, -0.25) is 4.79 Å². The van der Waals surface area contributed by atoms with E-state index in [1.165, 1.54) is 0 Å². The van der Waals surface area contributed by atoms with Crippen LogP contribution in [0.5, 0.6) is 0 Å². The number of carboxylic acids is 1. The highest BCUT2D eigenvalue weighted by atomic mass is 19.1. The van der Waals surface area contributed by atoms with Gasteiger partial charge < -0.3 is 26.2 Å². The van der Waals surface area contributed by atoms with Crippen LogP contribution >= 0.6 is 0 Å². The normalized spacial score (nSPS) is 42.0. The zero-order chi connectivity index (χ0) is 15.8. The number of fused-ring (bicyclic) bond motifs is 1. The molecule has 120 valence electrons. The lowest BCUT2D eigenvalue weighted by Gasteiger charge is -2.31. The van der Waals surface area contributed by atoms with E-state index >= 15 is 0 Å². The first kappa shape index (κ1) is 16.7. The van der Waals surface area contributed by atoms with Gasteiger partial charge >= 0.3 is 13.1 Å². The first-order chi connectivity index (χ1) is 9.81. The smallest absolute Gasteiger partial charge is 0.451 e. The van der Waals surface area contributed by atoms with E-state index in [2.05, 4.69) is 5.32 Å². The van der Waals surface area contributed by atoms with E-state index in [-0.39, 0.29) is 36.5 Å². The molecule has 0 aromatic carbocycles. The van der Waals surface area contributed by atoms with Crippen LogP contribution in [0.4, 0.5) is 4.39 Å². The minimum absolute atomic E-state index is 0.0608. The molecule has 0 heterocycles. The summed E-state index contributed by atoms with van der Waals surface area (Å²) in [5.41, 5.74) is 4.69. The molecule has 0 aromatic heterocycles. The van der Waals surface area contributed by atoms with Crippen LogP contribution in [0.3, 0.4) is 0 Å². The summed E-state index contributed by atoms with van der Waals surface area (Å²) >= 11 is 0. The predicted molar refractivity (Wildman–Crippen MR) is 76.2 cm³/mol. The summed E-state index contributed by atoms with van der Waals surface area (Å²) in [6, 6.07) is -0.246. The van der Waals surface area contributed by atoms with Gasteiger partial charge in [-0.2, -0.15) is 0 Å². The highest BCUT2D eigenvalue weighted by Crippen LogP contribution is 2.54. The van der Waals surface area contributed by atoms with Crippen molar-refractivity contribution in [1.29, 1.82) is 0 Å². The summed E-state index contributed by atoms with van der Waals surface area (Å²) in [7, 11) is 0.309. The minimum atomic E-state index is -1.40. The van der Waals surface area contributed by atoms with Crippen LogP contribution in [0.15, 0.2) is 0 Å². The van der Waals surface area contributed by atoms with Gasteiger partial charge in [-0.15, -0.1) is 0 Å². The molecule has 0 saturated heterocycles. The summed E-state index contributed by atoms with van der Waals surface area (Å²) in [4.78, 5) is 11.6. The monoisotopic (exact) mass is 302 g/mol. The van der Waals surface area contributed by atoms with Crippen LogP contribution in [0, 0.1) is 17.8 Å². The zero-order valence-electron chi connectivity index (χ0n) is 12.2. The molecule has 2 saturated carbocycles. The number of carboxylic acid groups (broad SMARTS) is 1.